The maximum Gasteiger partial charge on any atom is 0.420 e. The number of carbonyl (C=O) groups is 1. The summed E-state index contributed by atoms with van der Waals surface area (Å²) in [5.74, 6) is -1.40. The van der Waals surface area contributed by atoms with Crippen LogP contribution in [0.5, 0.6) is 5.75 Å². The summed E-state index contributed by atoms with van der Waals surface area (Å²) >= 11 is 0. The van der Waals surface area contributed by atoms with Gasteiger partial charge in [0.05, 0.1) is 12.7 Å². The first-order valence-electron chi connectivity index (χ1n) is 4.74. The average Bonchev–Trinajstić information content (AvgIpc) is 2.70. The SMILES string of the molecule is COc1cc(C(=O)O)cc2c(C(F)(F)F)coc12. The van der Waals surface area contributed by atoms with Crippen molar-refractivity contribution >= 4 is 16.9 Å². The van der Waals surface area contributed by atoms with Crippen molar-refractivity contribution in [1.29, 1.82) is 0 Å². The fraction of sp³-hybridized carbons (Fsp3) is 0.182. The highest BCUT2D eigenvalue weighted by atomic mass is 19.4. The summed E-state index contributed by atoms with van der Waals surface area (Å²) in [5.41, 5.74) is -1.46. The number of aromatic carboxylic acids is 1. The van der Waals surface area contributed by atoms with Gasteiger partial charge < -0.3 is 14.3 Å². The number of benzene rings is 1. The Balaban J connectivity index is 2.80. The minimum Gasteiger partial charge on any atom is -0.493 e. The molecule has 0 fully saturated rings. The number of furan rings is 1. The van der Waals surface area contributed by atoms with Crippen molar-refractivity contribution in [3.05, 3.63) is 29.5 Å². The van der Waals surface area contributed by atoms with Crippen LogP contribution in [-0.2, 0) is 6.18 Å². The number of hydrogen-bond acceptors (Lipinski definition) is 3. The third-order valence-electron chi connectivity index (χ3n) is 2.41. The standard InChI is InChI=1S/C11H7F3O4/c1-17-8-3-5(10(15)16)2-6-7(11(12,13)14)4-18-9(6)8/h2-4H,1H3,(H,15,16). The van der Waals surface area contributed by atoms with Crippen LogP contribution in [0.1, 0.15) is 15.9 Å². The molecule has 4 nitrogen and oxygen atoms in total. The van der Waals surface area contributed by atoms with Crippen molar-refractivity contribution in [3.63, 3.8) is 0 Å². The lowest BCUT2D eigenvalue weighted by Gasteiger charge is -2.05. The van der Waals surface area contributed by atoms with E-state index < -0.39 is 17.7 Å². The summed E-state index contributed by atoms with van der Waals surface area (Å²) in [6, 6.07) is 2.01. The third kappa shape index (κ3) is 1.87. The van der Waals surface area contributed by atoms with Crippen molar-refractivity contribution in [2.45, 2.75) is 6.18 Å². The molecule has 0 bridgehead atoms. The van der Waals surface area contributed by atoms with Crippen LogP contribution in [0.2, 0.25) is 0 Å². The molecule has 0 atom stereocenters. The van der Waals surface area contributed by atoms with E-state index in [9.17, 15) is 18.0 Å². The van der Waals surface area contributed by atoms with Crippen LogP contribution < -0.4 is 4.74 Å². The Morgan fingerprint density at radius 2 is 2.06 bits per heavy atom. The molecule has 2 aromatic rings. The van der Waals surface area contributed by atoms with Crippen molar-refractivity contribution in [2.24, 2.45) is 0 Å². The number of carboxylic acids is 1. The van der Waals surface area contributed by atoms with E-state index in [1.807, 2.05) is 0 Å². The van der Waals surface area contributed by atoms with Gasteiger partial charge in [0.15, 0.2) is 11.3 Å². The van der Waals surface area contributed by atoms with E-state index in [2.05, 4.69) is 0 Å². The number of alkyl halides is 3. The van der Waals surface area contributed by atoms with E-state index in [0.717, 1.165) is 12.1 Å². The zero-order valence-electron chi connectivity index (χ0n) is 9.04. The van der Waals surface area contributed by atoms with Crippen LogP contribution in [0.15, 0.2) is 22.8 Å². The van der Waals surface area contributed by atoms with Gasteiger partial charge in [-0.3, -0.25) is 0 Å². The van der Waals surface area contributed by atoms with Gasteiger partial charge in [-0.25, -0.2) is 4.79 Å². The molecule has 2 rings (SSSR count). The molecular formula is C11H7F3O4. The Morgan fingerprint density at radius 3 is 2.56 bits per heavy atom. The van der Waals surface area contributed by atoms with Gasteiger partial charge in [0.2, 0.25) is 0 Å². The lowest BCUT2D eigenvalue weighted by atomic mass is 10.1. The number of fused-ring (bicyclic) bond motifs is 1. The van der Waals surface area contributed by atoms with Gasteiger partial charge in [-0.05, 0) is 12.1 Å². The Labute approximate surface area is 98.6 Å². The second kappa shape index (κ2) is 3.94. The maximum absolute atomic E-state index is 12.7. The Kier molecular flexibility index (Phi) is 2.68. The molecule has 96 valence electrons. The molecule has 0 saturated heterocycles. The number of carboxylic acid groups (broad SMARTS) is 1. The zero-order valence-corrected chi connectivity index (χ0v) is 9.04. The van der Waals surface area contributed by atoms with E-state index >= 15 is 0 Å². The number of ether oxygens (including phenoxy) is 1. The second-order valence-electron chi connectivity index (χ2n) is 3.51. The molecule has 18 heavy (non-hydrogen) atoms. The van der Waals surface area contributed by atoms with Gasteiger partial charge in [-0.2, -0.15) is 13.2 Å². The highest BCUT2D eigenvalue weighted by molar-refractivity contribution is 5.97. The molecule has 0 amide bonds. The van der Waals surface area contributed by atoms with Crippen molar-refractivity contribution < 1.29 is 32.2 Å². The van der Waals surface area contributed by atoms with Crippen LogP contribution in [0.3, 0.4) is 0 Å². The summed E-state index contributed by atoms with van der Waals surface area (Å²) in [7, 11) is 1.22. The molecule has 1 N–H and O–H groups in total. The van der Waals surface area contributed by atoms with Crippen LogP contribution in [0.25, 0.3) is 11.0 Å². The predicted octanol–water partition coefficient (Wildman–Crippen LogP) is 3.16. The normalized spacial score (nSPS) is 11.8. The van der Waals surface area contributed by atoms with E-state index in [4.69, 9.17) is 14.3 Å². The summed E-state index contributed by atoms with van der Waals surface area (Å²) in [5, 5.41) is 8.49. The number of halogens is 3. The lowest BCUT2D eigenvalue weighted by molar-refractivity contribution is -0.136. The highest BCUT2D eigenvalue weighted by Gasteiger charge is 2.35. The second-order valence-corrected chi connectivity index (χ2v) is 3.51. The van der Waals surface area contributed by atoms with E-state index in [-0.39, 0.29) is 22.3 Å². The largest absolute Gasteiger partial charge is 0.493 e. The lowest BCUT2D eigenvalue weighted by Crippen LogP contribution is -2.04. The molecule has 7 heteroatoms. The molecule has 1 heterocycles. The van der Waals surface area contributed by atoms with Gasteiger partial charge in [-0.15, -0.1) is 0 Å². The molecule has 1 aromatic heterocycles. The first-order valence-corrected chi connectivity index (χ1v) is 4.74. The van der Waals surface area contributed by atoms with Crippen LogP contribution in [0.4, 0.5) is 13.2 Å². The van der Waals surface area contributed by atoms with E-state index in [1.165, 1.54) is 7.11 Å². The predicted molar refractivity (Wildman–Crippen MR) is 54.7 cm³/mol. The Morgan fingerprint density at radius 1 is 1.39 bits per heavy atom. The number of rotatable bonds is 2. The molecule has 0 spiro atoms. The summed E-state index contributed by atoms with van der Waals surface area (Å²) in [6.07, 6.45) is -4.08. The molecule has 0 aliphatic heterocycles. The average molecular weight is 260 g/mol. The van der Waals surface area contributed by atoms with E-state index in [1.54, 1.807) is 0 Å². The first-order chi connectivity index (χ1) is 8.34. The van der Waals surface area contributed by atoms with Crippen LogP contribution >= 0.6 is 0 Å². The number of hydrogen-bond donors (Lipinski definition) is 1. The van der Waals surface area contributed by atoms with Gasteiger partial charge in [0.25, 0.3) is 0 Å². The van der Waals surface area contributed by atoms with Crippen LogP contribution in [0, 0.1) is 0 Å². The van der Waals surface area contributed by atoms with Gasteiger partial charge in [-0.1, -0.05) is 0 Å². The molecule has 1 aromatic carbocycles. The molecular weight excluding hydrogens is 253 g/mol. The van der Waals surface area contributed by atoms with Crippen molar-refractivity contribution in [3.8, 4) is 5.75 Å². The Hall–Kier alpha value is -2.18. The van der Waals surface area contributed by atoms with E-state index in [0.29, 0.717) is 6.26 Å². The molecule has 0 unspecified atom stereocenters. The summed E-state index contributed by atoms with van der Waals surface area (Å²) in [4.78, 5) is 10.8. The van der Waals surface area contributed by atoms with Crippen molar-refractivity contribution in [2.75, 3.05) is 7.11 Å². The van der Waals surface area contributed by atoms with Crippen molar-refractivity contribution in [1.82, 2.24) is 0 Å². The fourth-order valence-corrected chi connectivity index (χ4v) is 1.60. The highest BCUT2D eigenvalue weighted by Crippen LogP contribution is 2.39. The number of methoxy groups -OCH3 is 1. The van der Waals surface area contributed by atoms with Gasteiger partial charge in [0.1, 0.15) is 11.8 Å². The first kappa shape index (κ1) is 12.3. The molecule has 0 radical (unpaired) electrons. The quantitative estimate of drug-likeness (QED) is 0.900. The third-order valence-corrected chi connectivity index (χ3v) is 2.41. The molecule has 0 saturated carbocycles. The Bertz CT molecular complexity index is 613. The minimum absolute atomic E-state index is 0.0552. The van der Waals surface area contributed by atoms with Crippen LogP contribution in [-0.4, -0.2) is 18.2 Å². The van der Waals surface area contributed by atoms with Gasteiger partial charge in [0, 0.05) is 5.39 Å². The minimum atomic E-state index is -4.62. The topological polar surface area (TPSA) is 59.7 Å². The molecule has 0 aliphatic carbocycles. The molecule has 0 aliphatic rings. The van der Waals surface area contributed by atoms with Gasteiger partial charge >= 0.3 is 12.1 Å². The zero-order chi connectivity index (χ0) is 13.5. The smallest absolute Gasteiger partial charge is 0.420 e. The fourth-order valence-electron chi connectivity index (χ4n) is 1.60. The summed E-state index contributed by atoms with van der Waals surface area (Å²) in [6.45, 7) is 0. The monoisotopic (exact) mass is 260 g/mol. The summed E-state index contributed by atoms with van der Waals surface area (Å²) < 4.78 is 47.6. The maximum atomic E-state index is 12.7.